The number of thiazole rings is 1. The molecule has 0 radical (unpaired) electrons. The summed E-state index contributed by atoms with van der Waals surface area (Å²) in [6.45, 7) is 3.48. The van der Waals surface area contributed by atoms with Crippen molar-refractivity contribution < 1.29 is 23.8 Å². The maximum atomic E-state index is 12.9. The summed E-state index contributed by atoms with van der Waals surface area (Å²) >= 11 is 1.38. The summed E-state index contributed by atoms with van der Waals surface area (Å²) in [6, 6.07) is 9.04. The van der Waals surface area contributed by atoms with Crippen LogP contribution in [-0.4, -0.2) is 79.1 Å². The quantitative estimate of drug-likeness (QED) is 0.683. The van der Waals surface area contributed by atoms with E-state index in [9.17, 15) is 9.59 Å². The first-order valence-electron chi connectivity index (χ1n) is 10.7. The molecule has 3 heterocycles. The average molecular weight is 461 g/mol. The average Bonchev–Trinajstić information content (AvgIpc) is 3.47. The van der Waals surface area contributed by atoms with Crippen molar-refractivity contribution in [2.75, 3.05) is 51.9 Å². The number of carbonyl (C=O) groups excluding carboxylic acids is 2. The SMILES string of the molecule is COCCN(Cc1nc(C(=O)N2CCC3(CC2)OCCO3)cs1)C(=O)Nc1ccccc1. The first kappa shape index (κ1) is 22.7. The van der Waals surface area contributed by atoms with E-state index in [4.69, 9.17) is 14.2 Å². The first-order valence-corrected chi connectivity index (χ1v) is 11.6. The number of methoxy groups -OCH3 is 1. The number of aromatic nitrogens is 1. The molecule has 1 N–H and O–H groups in total. The van der Waals surface area contributed by atoms with Crippen LogP contribution in [0.25, 0.3) is 0 Å². The molecule has 2 fully saturated rings. The largest absolute Gasteiger partial charge is 0.383 e. The highest BCUT2D eigenvalue weighted by molar-refractivity contribution is 7.09. The van der Waals surface area contributed by atoms with Gasteiger partial charge in [-0.1, -0.05) is 18.2 Å². The molecule has 2 aromatic rings. The predicted molar refractivity (Wildman–Crippen MR) is 120 cm³/mol. The third-order valence-electron chi connectivity index (χ3n) is 5.60. The van der Waals surface area contributed by atoms with Crippen molar-refractivity contribution >= 4 is 29.0 Å². The molecule has 1 spiro atoms. The zero-order valence-corrected chi connectivity index (χ0v) is 18.9. The number of carbonyl (C=O) groups is 2. The molecule has 0 unspecified atom stereocenters. The minimum atomic E-state index is -0.516. The lowest BCUT2D eigenvalue weighted by Gasteiger charge is -2.37. The van der Waals surface area contributed by atoms with Crippen molar-refractivity contribution in [3.63, 3.8) is 0 Å². The fraction of sp³-hybridized carbons (Fsp3) is 0.500. The van der Waals surface area contributed by atoms with Gasteiger partial charge in [0.25, 0.3) is 5.91 Å². The van der Waals surface area contributed by atoms with Crippen LogP contribution >= 0.6 is 11.3 Å². The highest BCUT2D eigenvalue weighted by atomic mass is 32.1. The van der Waals surface area contributed by atoms with Crippen LogP contribution in [0.3, 0.4) is 0 Å². The number of rotatable bonds is 7. The molecule has 3 amide bonds. The number of nitrogens with one attached hydrogen (secondary N) is 1. The van der Waals surface area contributed by atoms with Crippen molar-refractivity contribution in [2.24, 2.45) is 0 Å². The fourth-order valence-electron chi connectivity index (χ4n) is 3.82. The molecule has 4 rings (SSSR count). The Morgan fingerprint density at radius 1 is 1.22 bits per heavy atom. The highest BCUT2D eigenvalue weighted by Gasteiger charge is 2.41. The Kier molecular flexibility index (Phi) is 7.36. The van der Waals surface area contributed by atoms with Gasteiger partial charge in [-0.05, 0) is 12.1 Å². The zero-order valence-electron chi connectivity index (χ0n) is 18.1. The minimum absolute atomic E-state index is 0.0995. The van der Waals surface area contributed by atoms with E-state index >= 15 is 0 Å². The van der Waals surface area contributed by atoms with Gasteiger partial charge in [-0.3, -0.25) is 4.79 Å². The van der Waals surface area contributed by atoms with Gasteiger partial charge in [0.05, 0.1) is 26.4 Å². The highest BCUT2D eigenvalue weighted by Crippen LogP contribution is 2.31. The lowest BCUT2D eigenvalue weighted by Crippen LogP contribution is -2.47. The van der Waals surface area contributed by atoms with Gasteiger partial charge in [-0.15, -0.1) is 11.3 Å². The van der Waals surface area contributed by atoms with E-state index in [2.05, 4.69) is 10.3 Å². The molecule has 0 saturated carbocycles. The molecule has 172 valence electrons. The second-order valence-electron chi connectivity index (χ2n) is 7.74. The second kappa shape index (κ2) is 10.4. The Hall–Kier alpha value is -2.53. The van der Waals surface area contributed by atoms with E-state index < -0.39 is 5.79 Å². The monoisotopic (exact) mass is 460 g/mol. The van der Waals surface area contributed by atoms with Gasteiger partial charge in [-0.2, -0.15) is 0 Å². The van der Waals surface area contributed by atoms with Gasteiger partial charge in [0.2, 0.25) is 0 Å². The van der Waals surface area contributed by atoms with Crippen LogP contribution in [0, 0.1) is 0 Å². The van der Waals surface area contributed by atoms with E-state index in [-0.39, 0.29) is 11.9 Å². The number of anilines is 1. The lowest BCUT2D eigenvalue weighted by atomic mass is 10.0. The number of para-hydroxylation sites is 1. The van der Waals surface area contributed by atoms with Crippen LogP contribution in [0.15, 0.2) is 35.7 Å². The Balaban J connectivity index is 1.36. The Morgan fingerprint density at radius 2 is 1.94 bits per heavy atom. The molecule has 0 bridgehead atoms. The van der Waals surface area contributed by atoms with E-state index in [0.717, 1.165) is 0 Å². The molecule has 9 nitrogen and oxygen atoms in total. The van der Waals surface area contributed by atoms with Crippen LogP contribution in [0.5, 0.6) is 0 Å². The first-order chi connectivity index (χ1) is 15.6. The van der Waals surface area contributed by atoms with Gasteiger partial charge in [0.15, 0.2) is 5.79 Å². The van der Waals surface area contributed by atoms with Crippen molar-refractivity contribution in [1.29, 1.82) is 0 Å². The summed E-state index contributed by atoms with van der Waals surface area (Å²) in [5.41, 5.74) is 1.12. The number of hydrogen-bond acceptors (Lipinski definition) is 7. The van der Waals surface area contributed by atoms with E-state index in [1.165, 1.54) is 11.3 Å². The van der Waals surface area contributed by atoms with Crippen LogP contribution in [0.1, 0.15) is 28.3 Å². The number of urea groups is 1. The van der Waals surface area contributed by atoms with Crippen LogP contribution < -0.4 is 5.32 Å². The molecule has 32 heavy (non-hydrogen) atoms. The fourth-order valence-corrected chi connectivity index (χ4v) is 4.60. The summed E-state index contributed by atoms with van der Waals surface area (Å²) in [6.07, 6.45) is 1.33. The van der Waals surface area contributed by atoms with E-state index in [1.807, 2.05) is 30.3 Å². The number of nitrogens with zero attached hydrogens (tertiary/aromatic N) is 3. The maximum absolute atomic E-state index is 12.9. The molecule has 0 aliphatic carbocycles. The number of piperidine rings is 1. The standard InChI is InChI=1S/C22H28N4O5S/c1-29-12-11-26(21(28)23-17-5-3-2-4-6-17)15-19-24-18(16-32-19)20(27)25-9-7-22(8-10-25)30-13-14-31-22/h2-6,16H,7-15H2,1H3,(H,23,28). The summed E-state index contributed by atoms with van der Waals surface area (Å²) in [5, 5.41) is 5.34. The van der Waals surface area contributed by atoms with Crippen LogP contribution in [0.2, 0.25) is 0 Å². The van der Waals surface area contributed by atoms with Crippen molar-refractivity contribution in [3.8, 4) is 0 Å². The molecule has 2 aliphatic heterocycles. The number of likely N-dealkylation sites (tertiary alicyclic amines) is 1. The summed E-state index contributed by atoms with van der Waals surface area (Å²) in [7, 11) is 1.60. The summed E-state index contributed by atoms with van der Waals surface area (Å²) < 4.78 is 16.6. The topological polar surface area (TPSA) is 93.2 Å². The molecular formula is C22H28N4O5S. The van der Waals surface area contributed by atoms with Crippen molar-refractivity contribution in [3.05, 3.63) is 46.4 Å². The Morgan fingerprint density at radius 3 is 2.62 bits per heavy atom. The molecular weight excluding hydrogens is 432 g/mol. The van der Waals surface area contributed by atoms with Crippen LogP contribution in [0.4, 0.5) is 10.5 Å². The molecule has 2 aliphatic rings. The van der Waals surface area contributed by atoms with E-state index in [0.29, 0.717) is 75.2 Å². The van der Waals surface area contributed by atoms with Crippen LogP contribution in [-0.2, 0) is 20.8 Å². The van der Waals surface area contributed by atoms with Crippen molar-refractivity contribution in [1.82, 2.24) is 14.8 Å². The number of hydrogen-bond donors (Lipinski definition) is 1. The minimum Gasteiger partial charge on any atom is -0.383 e. The van der Waals surface area contributed by atoms with Gasteiger partial charge >= 0.3 is 6.03 Å². The Labute approximate surface area is 191 Å². The molecule has 2 saturated heterocycles. The smallest absolute Gasteiger partial charge is 0.322 e. The number of amides is 3. The van der Waals surface area contributed by atoms with Gasteiger partial charge in [0.1, 0.15) is 10.7 Å². The third kappa shape index (κ3) is 5.44. The van der Waals surface area contributed by atoms with Gasteiger partial charge < -0.3 is 29.3 Å². The summed E-state index contributed by atoms with van der Waals surface area (Å²) in [4.78, 5) is 33.6. The van der Waals surface area contributed by atoms with Crippen molar-refractivity contribution in [2.45, 2.75) is 25.2 Å². The summed E-state index contributed by atoms with van der Waals surface area (Å²) in [5.74, 6) is -0.615. The Bertz CT molecular complexity index is 906. The van der Waals surface area contributed by atoms with Gasteiger partial charge in [0, 0.05) is 50.7 Å². The lowest BCUT2D eigenvalue weighted by molar-refractivity contribution is -0.181. The zero-order chi connectivity index (χ0) is 22.4. The predicted octanol–water partition coefficient (Wildman–Crippen LogP) is 2.80. The van der Waals surface area contributed by atoms with E-state index in [1.54, 1.807) is 22.3 Å². The molecule has 0 atom stereocenters. The maximum Gasteiger partial charge on any atom is 0.322 e. The molecule has 1 aromatic heterocycles. The normalized spacial score (nSPS) is 17.5. The number of ether oxygens (including phenoxy) is 3. The second-order valence-corrected chi connectivity index (χ2v) is 8.68. The molecule has 10 heteroatoms. The number of benzene rings is 1. The molecule has 1 aromatic carbocycles. The third-order valence-corrected chi connectivity index (χ3v) is 6.43. The van der Waals surface area contributed by atoms with Gasteiger partial charge in [-0.25, -0.2) is 9.78 Å².